The van der Waals surface area contributed by atoms with Crippen LogP contribution in [-0.4, -0.2) is 71.8 Å². The lowest BCUT2D eigenvalue weighted by Gasteiger charge is -2.41. The van der Waals surface area contributed by atoms with Crippen molar-refractivity contribution in [1.82, 2.24) is 14.7 Å². The predicted octanol–water partition coefficient (Wildman–Crippen LogP) is 2.36. The first kappa shape index (κ1) is 18.7. The van der Waals surface area contributed by atoms with Crippen molar-refractivity contribution < 1.29 is 9.59 Å². The van der Waals surface area contributed by atoms with Crippen LogP contribution in [0, 0.1) is 11.3 Å². The summed E-state index contributed by atoms with van der Waals surface area (Å²) in [6, 6.07) is 0.768. The third-order valence-electron chi connectivity index (χ3n) is 6.24. The van der Waals surface area contributed by atoms with Crippen molar-refractivity contribution >= 4 is 11.8 Å². The summed E-state index contributed by atoms with van der Waals surface area (Å²) in [5.74, 6) is 0.652. The Morgan fingerprint density at radius 3 is 1.84 bits per heavy atom. The van der Waals surface area contributed by atoms with Gasteiger partial charge in [0.15, 0.2) is 0 Å². The lowest BCUT2D eigenvalue weighted by molar-refractivity contribution is -0.145. The molecule has 142 valence electrons. The van der Waals surface area contributed by atoms with Crippen molar-refractivity contribution in [3.8, 4) is 0 Å². The minimum Gasteiger partial charge on any atom is -0.342 e. The molecule has 0 spiro atoms. The second kappa shape index (κ2) is 7.65. The fraction of sp³-hybridized carbons (Fsp3) is 0.900. The van der Waals surface area contributed by atoms with Crippen molar-refractivity contribution in [3.05, 3.63) is 0 Å². The second-order valence-electron chi connectivity index (χ2n) is 9.12. The molecule has 3 rings (SSSR count). The largest absolute Gasteiger partial charge is 0.342 e. The topological polar surface area (TPSA) is 43.9 Å². The molecule has 0 bridgehead atoms. The highest BCUT2D eigenvalue weighted by Gasteiger charge is 2.35. The number of carbonyl (C=O) groups excluding carboxylic acids is 2. The molecule has 3 aliphatic rings. The maximum atomic E-state index is 12.9. The third-order valence-corrected chi connectivity index (χ3v) is 6.24. The zero-order chi connectivity index (χ0) is 18.0. The van der Waals surface area contributed by atoms with Crippen LogP contribution in [0.4, 0.5) is 0 Å². The van der Waals surface area contributed by atoms with Crippen LogP contribution in [0.1, 0.15) is 59.3 Å². The van der Waals surface area contributed by atoms with Gasteiger partial charge in [-0.2, -0.15) is 0 Å². The molecule has 0 atom stereocenters. The van der Waals surface area contributed by atoms with Gasteiger partial charge >= 0.3 is 0 Å². The van der Waals surface area contributed by atoms with Crippen molar-refractivity contribution in [1.29, 1.82) is 0 Å². The maximum absolute atomic E-state index is 12.9. The molecule has 2 amide bonds. The minimum absolute atomic E-state index is 0.113. The molecule has 0 aromatic heterocycles. The lowest BCUT2D eigenvalue weighted by atomic mass is 9.90. The predicted molar refractivity (Wildman–Crippen MR) is 99.2 cm³/mol. The van der Waals surface area contributed by atoms with E-state index in [1.807, 2.05) is 25.7 Å². The van der Waals surface area contributed by atoms with Crippen LogP contribution in [-0.2, 0) is 9.59 Å². The van der Waals surface area contributed by atoms with E-state index in [-0.39, 0.29) is 17.2 Å². The molecule has 2 saturated heterocycles. The van der Waals surface area contributed by atoms with Gasteiger partial charge in [-0.1, -0.05) is 33.6 Å². The molecule has 2 aliphatic heterocycles. The molecular formula is C20H35N3O2. The summed E-state index contributed by atoms with van der Waals surface area (Å²) in [5.41, 5.74) is -0.326. The van der Waals surface area contributed by atoms with Gasteiger partial charge < -0.3 is 9.80 Å². The summed E-state index contributed by atoms with van der Waals surface area (Å²) >= 11 is 0. The zero-order valence-electron chi connectivity index (χ0n) is 16.3. The van der Waals surface area contributed by atoms with Gasteiger partial charge in [0, 0.05) is 56.6 Å². The summed E-state index contributed by atoms with van der Waals surface area (Å²) in [7, 11) is 0. The third kappa shape index (κ3) is 4.36. The Kier molecular flexibility index (Phi) is 5.71. The fourth-order valence-electron chi connectivity index (χ4n) is 4.64. The van der Waals surface area contributed by atoms with Crippen LogP contribution < -0.4 is 0 Å². The Hall–Kier alpha value is -1.10. The summed E-state index contributed by atoms with van der Waals surface area (Å²) in [6.07, 6.45) is 7.07. The second-order valence-corrected chi connectivity index (χ2v) is 9.12. The van der Waals surface area contributed by atoms with E-state index in [1.165, 1.54) is 25.7 Å². The van der Waals surface area contributed by atoms with Gasteiger partial charge in [0.25, 0.3) is 0 Å². The number of piperazine rings is 1. The molecular weight excluding hydrogens is 314 g/mol. The van der Waals surface area contributed by atoms with Gasteiger partial charge in [-0.25, -0.2) is 0 Å². The number of amides is 2. The number of carbonyl (C=O) groups is 2. The summed E-state index contributed by atoms with van der Waals surface area (Å²) < 4.78 is 0. The monoisotopic (exact) mass is 349 g/mol. The zero-order valence-corrected chi connectivity index (χ0v) is 16.3. The molecule has 1 aliphatic carbocycles. The minimum atomic E-state index is -0.326. The normalized spacial score (nSPS) is 24.8. The van der Waals surface area contributed by atoms with E-state index in [0.717, 1.165) is 58.2 Å². The maximum Gasteiger partial charge on any atom is 0.227 e. The summed E-state index contributed by atoms with van der Waals surface area (Å²) in [5, 5.41) is 0. The van der Waals surface area contributed by atoms with E-state index in [0.29, 0.717) is 5.91 Å². The number of likely N-dealkylation sites (tertiary alicyclic amines) is 1. The Morgan fingerprint density at radius 1 is 0.760 bits per heavy atom. The first-order valence-electron chi connectivity index (χ1n) is 10.2. The van der Waals surface area contributed by atoms with Crippen LogP contribution in [0.5, 0.6) is 0 Å². The average molecular weight is 350 g/mol. The van der Waals surface area contributed by atoms with Gasteiger partial charge in [-0.15, -0.1) is 0 Å². The number of rotatable bonds is 2. The van der Waals surface area contributed by atoms with E-state index in [1.54, 1.807) is 0 Å². The smallest absolute Gasteiger partial charge is 0.227 e. The van der Waals surface area contributed by atoms with Gasteiger partial charge in [-0.05, 0) is 25.7 Å². The molecule has 25 heavy (non-hydrogen) atoms. The van der Waals surface area contributed by atoms with Gasteiger partial charge in [0.2, 0.25) is 11.8 Å². The molecule has 0 unspecified atom stereocenters. The fourth-order valence-corrected chi connectivity index (χ4v) is 4.64. The number of piperidine rings is 1. The van der Waals surface area contributed by atoms with E-state index < -0.39 is 0 Å². The molecule has 1 saturated carbocycles. The Labute approximate surface area is 152 Å². The molecule has 5 heteroatoms. The quantitative estimate of drug-likeness (QED) is 0.769. The molecule has 0 aromatic carbocycles. The summed E-state index contributed by atoms with van der Waals surface area (Å²) in [6.45, 7) is 11.2. The van der Waals surface area contributed by atoms with Crippen molar-refractivity contribution in [3.63, 3.8) is 0 Å². The standard InChI is InChI=1S/C20H35N3O2/c1-20(2,3)19(25)23-10-8-16(9-11-23)18(24)22-14-12-21(13-15-22)17-6-4-5-7-17/h16-17H,4-15H2,1-3H3. The molecule has 0 N–H and O–H groups in total. The Balaban J connectivity index is 1.45. The SMILES string of the molecule is CC(C)(C)C(=O)N1CCC(C(=O)N2CCN(C3CCCC3)CC2)CC1. The first-order valence-corrected chi connectivity index (χ1v) is 10.2. The van der Waals surface area contributed by atoms with Crippen LogP contribution >= 0.6 is 0 Å². The number of hydrogen-bond donors (Lipinski definition) is 0. The lowest BCUT2D eigenvalue weighted by Crippen LogP contribution is -2.54. The van der Waals surface area contributed by atoms with E-state index in [4.69, 9.17) is 0 Å². The van der Waals surface area contributed by atoms with E-state index in [9.17, 15) is 9.59 Å². The van der Waals surface area contributed by atoms with E-state index in [2.05, 4.69) is 9.80 Å². The van der Waals surface area contributed by atoms with Crippen LogP contribution in [0.25, 0.3) is 0 Å². The summed E-state index contributed by atoms with van der Waals surface area (Å²) in [4.78, 5) is 31.9. The van der Waals surface area contributed by atoms with Crippen LogP contribution in [0.2, 0.25) is 0 Å². The van der Waals surface area contributed by atoms with Crippen molar-refractivity contribution in [2.75, 3.05) is 39.3 Å². The molecule has 3 fully saturated rings. The highest BCUT2D eigenvalue weighted by Crippen LogP contribution is 2.27. The highest BCUT2D eigenvalue weighted by atomic mass is 16.2. The van der Waals surface area contributed by atoms with Crippen LogP contribution in [0.15, 0.2) is 0 Å². The van der Waals surface area contributed by atoms with Crippen molar-refractivity contribution in [2.45, 2.75) is 65.3 Å². The molecule has 0 radical (unpaired) electrons. The van der Waals surface area contributed by atoms with E-state index >= 15 is 0 Å². The van der Waals surface area contributed by atoms with Gasteiger partial charge in [0.05, 0.1) is 0 Å². The van der Waals surface area contributed by atoms with Crippen LogP contribution in [0.3, 0.4) is 0 Å². The number of nitrogens with zero attached hydrogens (tertiary/aromatic N) is 3. The highest BCUT2D eigenvalue weighted by molar-refractivity contribution is 5.82. The average Bonchev–Trinajstić information content (AvgIpc) is 3.14. The van der Waals surface area contributed by atoms with Gasteiger partial charge in [-0.3, -0.25) is 14.5 Å². The molecule has 2 heterocycles. The first-order chi connectivity index (χ1) is 11.9. The van der Waals surface area contributed by atoms with Crippen molar-refractivity contribution in [2.24, 2.45) is 11.3 Å². The molecule has 0 aromatic rings. The Morgan fingerprint density at radius 2 is 1.32 bits per heavy atom. The van der Waals surface area contributed by atoms with Gasteiger partial charge in [0.1, 0.15) is 0 Å². The molecule has 5 nitrogen and oxygen atoms in total. The Bertz CT molecular complexity index is 478. The number of hydrogen-bond acceptors (Lipinski definition) is 3.